The first-order chi connectivity index (χ1) is 12.9. The molecule has 8 nitrogen and oxygen atoms in total. The zero-order chi connectivity index (χ0) is 19.4. The molecular formula is C18H30N4O4S. The minimum Gasteiger partial charge on any atom is -0.447 e. The number of rotatable bonds is 4. The van der Waals surface area contributed by atoms with Gasteiger partial charge in [0.25, 0.3) is 0 Å². The highest BCUT2D eigenvalue weighted by Gasteiger charge is 2.39. The Bertz CT molecular complexity index is 574. The molecule has 3 amide bonds. The van der Waals surface area contributed by atoms with Crippen molar-refractivity contribution in [3.8, 4) is 0 Å². The molecule has 2 heterocycles. The van der Waals surface area contributed by atoms with Gasteiger partial charge in [0, 0.05) is 31.1 Å². The van der Waals surface area contributed by atoms with Crippen molar-refractivity contribution in [2.24, 2.45) is 11.8 Å². The summed E-state index contributed by atoms with van der Waals surface area (Å²) in [5.74, 6) is -0.0251. The number of thioether (sulfide) groups is 1. The number of imide groups is 1. The van der Waals surface area contributed by atoms with Gasteiger partial charge in [-0.25, -0.2) is 4.79 Å². The Hall–Kier alpha value is -1.32. The maximum absolute atomic E-state index is 12.8. The number of nitrogens with one attached hydrogen (secondary N) is 4. The zero-order valence-electron chi connectivity index (χ0n) is 16.0. The number of carbonyl (C=O) groups is 3. The lowest BCUT2D eigenvalue weighted by atomic mass is 9.81. The monoisotopic (exact) mass is 398 g/mol. The summed E-state index contributed by atoms with van der Waals surface area (Å²) in [6.07, 6.45) is 2.28. The highest BCUT2D eigenvalue weighted by molar-refractivity contribution is 8.00. The number of fused-ring (bicyclic) bond motifs is 1. The molecule has 3 rings (SSSR count). The van der Waals surface area contributed by atoms with Crippen molar-refractivity contribution in [1.29, 1.82) is 0 Å². The molecule has 2 saturated heterocycles. The van der Waals surface area contributed by atoms with Crippen molar-refractivity contribution in [2.45, 2.75) is 63.1 Å². The molecule has 2 aliphatic heterocycles. The lowest BCUT2D eigenvalue weighted by Gasteiger charge is -2.40. The standard InChI is InChI=1S/C18H30N4O4S/c1-10(2)26-18(25)22-16(24)12-5-8-27-17(12)21-15(23)11-3-4-13-14(9-11)20-7-6-19-13/h10-14,17,19-20H,3-9H2,1-2H3,(H,21,23)(H,22,24,25). The van der Waals surface area contributed by atoms with Gasteiger partial charge in [0.2, 0.25) is 11.8 Å². The summed E-state index contributed by atoms with van der Waals surface area (Å²) in [6.45, 7) is 5.36. The van der Waals surface area contributed by atoms with Gasteiger partial charge >= 0.3 is 6.09 Å². The van der Waals surface area contributed by atoms with Crippen LogP contribution in [0.5, 0.6) is 0 Å². The Morgan fingerprint density at radius 2 is 1.78 bits per heavy atom. The van der Waals surface area contributed by atoms with Crippen molar-refractivity contribution >= 4 is 29.7 Å². The van der Waals surface area contributed by atoms with Crippen LogP contribution in [-0.4, -0.2) is 60.3 Å². The van der Waals surface area contributed by atoms with E-state index >= 15 is 0 Å². The molecular weight excluding hydrogens is 368 g/mol. The first-order valence-corrected chi connectivity index (χ1v) is 10.9. The van der Waals surface area contributed by atoms with E-state index in [2.05, 4.69) is 21.3 Å². The second kappa shape index (κ2) is 9.25. The quantitative estimate of drug-likeness (QED) is 0.548. The Morgan fingerprint density at radius 3 is 2.52 bits per heavy atom. The number of hydrogen-bond donors (Lipinski definition) is 4. The molecule has 3 fully saturated rings. The smallest absolute Gasteiger partial charge is 0.414 e. The molecule has 3 aliphatic rings. The molecule has 0 bridgehead atoms. The molecule has 0 aromatic carbocycles. The van der Waals surface area contributed by atoms with Crippen LogP contribution in [0.3, 0.4) is 0 Å². The van der Waals surface area contributed by atoms with Gasteiger partial charge in [-0.1, -0.05) is 0 Å². The van der Waals surface area contributed by atoms with Crippen molar-refractivity contribution < 1.29 is 19.1 Å². The largest absolute Gasteiger partial charge is 0.447 e. The average molecular weight is 399 g/mol. The van der Waals surface area contributed by atoms with Gasteiger partial charge in [-0.3, -0.25) is 14.9 Å². The first kappa shape index (κ1) is 20.4. The van der Waals surface area contributed by atoms with E-state index in [-0.39, 0.29) is 29.2 Å². The van der Waals surface area contributed by atoms with E-state index in [9.17, 15) is 14.4 Å². The van der Waals surface area contributed by atoms with Crippen LogP contribution in [0.15, 0.2) is 0 Å². The van der Waals surface area contributed by atoms with E-state index in [4.69, 9.17) is 4.74 Å². The second-order valence-corrected chi connectivity index (χ2v) is 9.02. The third-order valence-electron chi connectivity index (χ3n) is 5.44. The summed E-state index contributed by atoms with van der Waals surface area (Å²) < 4.78 is 4.96. The van der Waals surface area contributed by atoms with Gasteiger partial charge in [0.1, 0.15) is 0 Å². The van der Waals surface area contributed by atoms with Crippen molar-refractivity contribution in [3.05, 3.63) is 0 Å². The summed E-state index contributed by atoms with van der Waals surface area (Å²) in [7, 11) is 0. The maximum Gasteiger partial charge on any atom is 0.414 e. The fraction of sp³-hybridized carbons (Fsp3) is 0.833. The molecule has 0 aromatic rings. The van der Waals surface area contributed by atoms with Crippen LogP contribution in [0.2, 0.25) is 0 Å². The Balaban J connectivity index is 1.50. The topological polar surface area (TPSA) is 109 Å². The molecule has 5 unspecified atom stereocenters. The predicted octanol–water partition coefficient (Wildman–Crippen LogP) is 0.573. The van der Waals surface area contributed by atoms with E-state index in [1.807, 2.05) is 0 Å². The van der Waals surface area contributed by atoms with Crippen LogP contribution >= 0.6 is 11.8 Å². The fourth-order valence-corrected chi connectivity index (χ4v) is 5.42. The number of piperazine rings is 1. The minimum atomic E-state index is -0.730. The minimum absolute atomic E-state index is 0.0165. The van der Waals surface area contributed by atoms with Crippen LogP contribution in [-0.2, 0) is 14.3 Å². The average Bonchev–Trinajstić information content (AvgIpc) is 3.08. The Morgan fingerprint density at radius 1 is 1.04 bits per heavy atom. The second-order valence-electron chi connectivity index (χ2n) is 7.77. The van der Waals surface area contributed by atoms with E-state index in [0.717, 1.165) is 38.1 Å². The van der Waals surface area contributed by atoms with Crippen molar-refractivity contribution in [3.63, 3.8) is 0 Å². The van der Waals surface area contributed by atoms with Crippen LogP contribution < -0.4 is 21.3 Å². The normalized spacial score (nSPS) is 33.2. The first-order valence-electron chi connectivity index (χ1n) is 9.84. The Labute approximate surface area is 164 Å². The van der Waals surface area contributed by atoms with Crippen molar-refractivity contribution in [1.82, 2.24) is 21.3 Å². The molecule has 4 N–H and O–H groups in total. The fourth-order valence-electron chi connectivity index (χ4n) is 4.09. The lowest BCUT2D eigenvalue weighted by molar-refractivity contribution is -0.128. The molecule has 0 radical (unpaired) electrons. The maximum atomic E-state index is 12.8. The Kier molecular flexibility index (Phi) is 6.99. The number of alkyl carbamates (subject to hydrolysis) is 1. The van der Waals surface area contributed by atoms with Crippen LogP contribution in [0.25, 0.3) is 0 Å². The third-order valence-corrected chi connectivity index (χ3v) is 6.72. The number of amides is 3. The van der Waals surface area contributed by atoms with Gasteiger partial charge in [-0.2, -0.15) is 0 Å². The van der Waals surface area contributed by atoms with E-state index < -0.39 is 12.0 Å². The third kappa shape index (κ3) is 5.36. The summed E-state index contributed by atoms with van der Waals surface area (Å²) in [5, 5.41) is 12.1. The highest BCUT2D eigenvalue weighted by atomic mass is 32.2. The zero-order valence-corrected chi connectivity index (χ0v) is 16.8. The van der Waals surface area contributed by atoms with Gasteiger partial charge in [0.05, 0.1) is 17.4 Å². The summed E-state index contributed by atoms with van der Waals surface area (Å²) in [6, 6.07) is 0.790. The molecule has 9 heteroatoms. The predicted molar refractivity (Wildman–Crippen MR) is 103 cm³/mol. The van der Waals surface area contributed by atoms with Crippen LogP contribution in [0.4, 0.5) is 4.79 Å². The molecule has 152 valence electrons. The molecule has 1 aliphatic carbocycles. The van der Waals surface area contributed by atoms with Gasteiger partial charge in [0.15, 0.2) is 0 Å². The van der Waals surface area contributed by atoms with Crippen LogP contribution in [0.1, 0.15) is 39.5 Å². The highest BCUT2D eigenvalue weighted by Crippen LogP contribution is 2.32. The van der Waals surface area contributed by atoms with Gasteiger partial charge in [-0.15, -0.1) is 11.8 Å². The van der Waals surface area contributed by atoms with E-state index in [1.54, 1.807) is 25.6 Å². The summed E-state index contributed by atoms with van der Waals surface area (Å²) >= 11 is 1.56. The molecule has 1 saturated carbocycles. The summed E-state index contributed by atoms with van der Waals surface area (Å²) in [4.78, 5) is 36.8. The molecule has 0 aromatic heterocycles. The number of hydrogen-bond acceptors (Lipinski definition) is 7. The van der Waals surface area contributed by atoms with Crippen molar-refractivity contribution in [2.75, 3.05) is 18.8 Å². The molecule has 5 atom stereocenters. The SMILES string of the molecule is CC(C)OC(=O)NC(=O)C1CCSC1NC(=O)C1CCC2NCCNC2C1. The number of carbonyl (C=O) groups excluding carboxylic acids is 3. The van der Waals surface area contributed by atoms with Crippen LogP contribution in [0, 0.1) is 11.8 Å². The van der Waals surface area contributed by atoms with Gasteiger partial charge in [-0.05, 0) is 45.3 Å². The van der Waals surface area contributed by atoms with Gasteiger partial charge < -0.3 is 20.7 Å². The number of ether oxygens (including phenoxy) is 1. The lowest BCUT2D eigenvalue weighted by Crippen LogP contribution is -2.59. The molecule has 0 spiro atoms. The van der Waals surface area contributed by atoms with E-state index in [0.29, 0.717) is 18.5 Å². The van der Waals surface area contributed by atoms with E-state index in [1.165, 1.54) is 0 Å². The summed E-state index contributed by atoms with van der Waals surface area (Å²) in [5.41, 5.74) is 0. The molecule has 27 heavy (non-hydrogen) atoms.